The van der Waals surface area contributed by atoms with E-state index in [2.05, 4.69) is 24.3 Å². The van der Waals surface area contributed by atoms with Crippen LogP contribution in [0.5, 0.6) is 0 Å². The van der Waals surface area contributed by atoms with Gasteiger partial charge in [-0.1, -0.05) is 78.9 Å². The van der Waals surface area contributed by atoms with Crippen LogP contribution in [0.25, 0.3) is 11.1 Å². The molecule has 0 atom stereocenters. The van der Waals surface area contributed by atoms with Crippen LogP contribution >= 0.6 is 0 Å². The third-order valence-corrected chi connectivity index (χ3v) is 3.70. The molecular formula is C20H17N. The van der Waals surface area contributed by atoms with E-state index in [0.717, 1.165) is 16.7 Å². The number of rotatable bonds is 3. The summed E-state index contributed by atoms with van der Waals surface area (Å²) in [6.07, 6.45) is 0. The summed E-state index contributed by atoms with van der Waals surface area (Å²) in [7, 11) is 0. The topological polar surface area (TPSA) is 23.9 Å². The summed E-state index contributed by atoms with van der Waals surface area (Å²) in [5.41, 5.74) is 6.03. The van der Waals surface area contributed by atoms with Crippen LogP contribution in [0, 0.1) is 12.3 Å². The highest BCUT2D eigenvalue weighted by Gasteiger charge is 2.07. The first kappa shape index (κ1) is 13.3. The van der Waals surface area contributed by atoms with E-state index in [0.29, 0.717) is 5.71 Å². The van der Waals surface area contributed by atoms with E-state index >= 15 is 0 Å². The van der Waals surface area contributed by atoms with Crippen molar-refractivity contribution in [1.29, 1.82) is 5.41 Å². The zero-order valence-electron chi connectivity index (χ0n) is 12.0. The molecule has 0 fully saturated rings. The molecule has 0 aliphatic carbocycles. The summed E-state index contributed by atoms with van der Waals surface area (Å²) in [6, 6.07) is 26.5. The third kappa shape index (κ3) is 2.77. The molecule has 21 heavy (non-hydrogen) atoms. The van der Waals surface area contributed by atoms with Gasteiger partial charge in [0.25, 0.3) is 0 Å². The van der Waals surface area contributed by atoms with Gasteiger partial charge >= 0.3 is 0 Å². The van der Waals surface area contributed by atoms with Gasteiger partial charge < -0.3 is 0 Å². The molecule has 1 N–H and O–H groups in total. The van der Waals surface area contributed by atoms with Gasteiger partial charge in [-0.25, -0.2) is 0 Å². The van der Waals surface area contributed by atoms with E-state index in [-0.39, 0.29) is 0 Å². The Kier molecular flexibility index (Phi) is 3.65. The van der Waals surface area contributed by atoms with E-state index in [9.17, 15) is 0 Å². The van der Waals surface area contributed by atoms with Gasteiger partial charge in [0.2, 0.25) is 0 Å². The van der Waals surface area contributed by atoms with Gasteiger partial charge in [0.15, 0.2) is 0 Å². The zero-order valence-corrected chi connectivity index (χ0v) is 12.0. The molecule has 3 aromatic rings. The first-order valence-electron chi connectivity index (χ1n) is 7.06. The quantitative estimate of drug-likeness (QED) is 0.642. The SMILES string of the molecule is Cc1ccccc1C(=N)c1ccc(-c2ccccc2)cc1. The van der Waals surface area contributed by atoms with Gasteiger partial charge in [-0.3, -0.25) is 5.41 Å². The van der Waals surface area contributed by atoms with Crippen LogP contribution in [0.2, 0.25) is 0 Å². The van der Waals surface area contributed by atoms with Crippen LogP contribution < -0.4 is 0 Å². The minimum Gasteiger partial charge on any atom is -0.300 e. The lowest BCUT2D eigenvalue weighted by Gasteiger charge is -2.09. The fraction of sp³-hybridized carbons (Fsp3) is 0.0500. The largest absolute Gasteiger partial charge is 0.300 e. The summed E-state index contributed by atoms with van der Waals surface area (Å²) < 4.78 is 0. The molecule has 102 valence electrons. The van der Waals surface area contributed by atoms with Crippen molar-refractivity contribution in [2.24, 2.45) is 0 Å². The standard InChI is InChI=1S/C20H17N/c1-15-7-5-6-10-19(15)20(21)18-13-11-17(12-14-18)16-8-3-2-4-9-16/h2-14,21H,1H3. The Morgan fingerprint density at radius 2 is 1.24 bits per heavy atom. The number of hydrogen-bond donors (Lipinski definition) is 1. The molecule has 0 aromatic heterocycles. The van der Waals surface area contributed by atoms with Crippen molar-refractivity contribution in [1.82, 2.24) is 0 Å². The lowest BCUT2D eigenvalue weighted by Crippen LogP contribution is -2.03. The maximum Gasteiger partial charge on any atom is 0.0687 e. The highest BCUT2D eigenvalue weighted by atomic mass is 14.4. The second kappa shape index (κ2) is 5.76. The van der Waals surface area contributed by atoms with E-state index in [1.54, 1.807) is 0 Å². The Morgan fingerprint density at radius 3 is 1.90 bits per heavy atom. The van der Waals surface area contributed by atoms with Crippen LogP contribution in [0.4, 0.5) is 0 Å². The summed E-state index contributed by atoms with van der Waals surface area (Å²) in [4.78, 5) is 0. The Hall–Kier alpha value is -2.67. The van der Waals surface area contributed by atoms with Gasteiger partial charge in [0.05, 0.1) is 5.71 Å². The molecule has 0 spiro atoms. The van der Waals surface area contributed by atoms with Crippen LogP contribution in [-0.2, 0) is 0 Å². The lowest BCUT2D eigenvalue weighted by atomic mass is 9.96. The normalized spacial score (nSPS) is 10.3. The van der Waals surface area contributed by atoms with Crippen LogP contribution in [0.3, 0.4) is 0 Å². The number of hydrogen-bond acceptors (Lipinski definition) is 1. The third-order valence-electron chi connectivity index (χ3n) is 3.70. The number of benzene rings is 3. The predicted molar refractivity (Wildman–Crippen MR) is 89.0 cm³/mol. The summed E-state index contributed by atoms with van der Waals surface area (Å²) in [5.74, 6) is 0. The zero-order chi connectivity index (χ0) is 14.7. The number of aryl methyl sites for hydroxylation is 1. The average molecular weight is 271 g/mol. The molecule has 0 saturated carbocycles. The molecule has 3 rings (SSSR count). The van der Waals surface area contributed by atoms with Crippen molar-refractivity contribution < 1.29 is 0 Å². The Morgan fingerprint density at radius 1 is 0.667 bits per heavy atom. The van der Waals surface area contributed by atoms with Gasteiger partial charge in [0, 0.05) is 11.1 Å². The Labute approximate surface area is 125 Å². The second-order valence-electron chi connectivity index (χ2n) is 5.13. The highest BCUT2D eigenvalue weighted by Crippen LogP contribution is 2.21. The molecule has 1 nitrogen and oxygen atoms in total. The smallest absolute Gasteiger partial charge is 0.0687 e. The highest BCUT2D eigenvalue weighted by molar-refractivity contribution is 6.11. The van der Waals surface area contributed by atoms with Gasteiger partial charge in [-0.15, -0.1) is 0 Å². The first-order chi connectivity index (χ1) is 10.3. The molecule has 0 amide bonds. The molecule has 3 aromatic carbocycles. The number of nitrogens with one attached hydrogen (secondary N) is 1. The molecule has 0 bridgehead atoms. The average Bonchev–Trinajstić information content (AvgIpc) is 2.56. The van der Waals surface area contributed by atoms with E-state index in [1.165, 1.54) is 11.1 Å². The van der Waals surface area contributed by atoms with Crippen molar-refractivity contribution in [3.63, 3.8) is 0 Å². The van der Waals surface area contributed by atoms with E-state index in [1.807, 2.05) is 61.5 Å². The maximum atomic E-state index is 8.39. The first-order valence-corrected chi connectivity index (χ1v) is 7.06. The van der Waals surface area contributed by atoms with Gasteiger partial charge in [-0.05, 0) is 23.6 Å². The molecular weight excluding hydrogens is 254 g/mol. The van der Waals surface area contributed by atoms with Gasteiger partial charge in [-0.2, -0.15) is 0 Å². The van der Waals surface area contributed by atoms with Gasteiger partial charge in [0.1, 0.15) is 0 Å². The van der Waals surface area contributed by atoms with Crippen LogP contribution in [0.15, 0.2) is 78.9 Å². The maximum absolute atomic E-state index is 8.39. The minimum absolute atomic E-state index is 0.577. The predicted octanol–water partition coefficient (Wildman–Crippen LogP) is 5.08. The minimum atomic E-state index is 0.577. The molecule has 0 unspecified atom stereocenters. The monoisotopic (exact) mass is 271 g/mol. The Balaban J connectivity index is 1.91. The molecule has 0 saturated heterocycles. The molecule has 0 radical (unpaired) electrons. The van der Waals surface area contributed by atoms with Crippen molar-refractivity contribution in [2.45, 2.75) is 6.92 Å². The lowest BCUT2D eigenvalue weighted by molar-refractivity contribution is 1.39. The van der Waals surface area contributed by atoms with E-state index in [4.69, 9.17) is 5.41 Å². The summed E-state index contributed by atoms with van der Waals surface area (Å²) in [5, 5.41) is 8.39. The molecule has 1 heteroatoms. The fourth-order valence-corrected chi connectivity index (χ4v) is 2.47. The van der Waals surface area contributed by atoms with Crippen molar-refractivity contribution in [3.05, 3.63) is 95.6 Å². The van der Waals surface area contributed by atoms with Crippen LogP contribution in [-0.4, -0.2) is 5.71 Å². The summed E-state index contributed by atoms with van der Waals surface area (Å²) >= 11 is 0. The summed E-state index contributed by atoms with van der Waals surface area (Å²) in [6.45, 7) is 2.04. The van der Waals surface area contributed by atoms with Crippen molar-refractivity contribution in [2.75, 3.05) is 0 Å². The van der Waals surface area contributed by atoms with E-state index < -0.39 is 0 Å². The Bertz CT molecular complexity index is 755. The fourth-order valence-electron chi connectivity index (χ4n) is 2.47. The molecule has 0 aliphatic heterocycles. The molecule has 0 heterocycles. The molecule has 0 aliphatic rings. The van der Waals surface area contributed by atoms with Crippen molar-refractivity contribution >= 4 is 5.71 Å². The van der Waals surface area contributed by atoms with Crippen molar-refractivity contribution in [3.8, 4) is 11.1 Å². The van der Waals surface area contributed by atoms with Crippen LogP contribution in [0.1, 0.15) is 16.7 Å². The second-order valence-corrected chi connectivity index (χ2v) is 5.13.